The second-order valence-electron chi connectivity index (χ2n) is 5.08. The Labute approximate surface area is 152 Å². The van der Waals surface area contributed by atoms with E-state index < -0.39 is 12.7 Å². The molecule has 0 aliphatic carbocycles. The molecule has 1 aliphatic rings. The van der Waals surface area contributed by atoms with E-state index in [4.69, 9.17) is 9.47 Å². The molecule has 0 aromatic carbocycles. The first-order valence-corrected chi connectivity index (χ1v) is 7.27. The van der Waals surface area contributed by atoms with Crippen LogP contribution in [0.25, 0.3) is 0 Å². The largest absolute Gasteiger partial charge is 0.401 e. The van der Waals surface area contributed by atoms with Crippen LogP contribution in [0.4, 0.5) is 13.2 Å². The number of ether oxygens (including phenoxy) is 2. The van der Waals surface area contributed by atoms with Crippen molar-refractivity contribution in [1.82, 2.24) is 15.5 Å². The van der Waals surface area contributed by atoms with Gasteiger partial charge in [0, 0.05) is 39.8 Å². The molecule has 1 aliphatic heterocycles. The molecule has 1 unspecified atom stereocenters. The highest BCUT2D eigenvalue weighted by molar-refractivity contribution is 14.0. The third-order valence-corrected chi connectivity index (χ3v) is 3.21. The van der Waals surface area contributed by atoms with Crippen LogP contribution in [0.2, 0.25) is 0 Å². The summed E-state index contributed by atoms with van der Waals surface area (Å²) in [5.41, 5.74) is 0. The first kappa shape index (κ1) is 22.7. The predicted molar refractivity (Wildman–Crippen MR) is 93.5 cm³/mol. The lowest BCUT2D eigenvalue weighted by Gasteiger charge is -2.19. The summed E-state index contributed by atoms with van der Waals surface area (Å²) in [6.07, 6.45) is -3.48. The number of nitrogens with one attached hydrogen (secondary N) is 2. The van der Waals surface area contributed by atoms with E-state index in [0.717, 1.165) is 0 Å². The maximum atomic E-state index is 12.3. The molecule has 0 spiro atoms. The summed E-state index contributed by atoms with van der Waals surface area (Å²) < 4.78 is 47.2. The fourth-order valence-corrected chi connectivity index (χ4v) is 2.22. The fraction of sp³-hybridized carbons (Fsp3) is 0.923. The van der Waals surface area contributed by atoms with E-state index in [-0.39, 0.29) is 30.0 Å². The maximum absolute atomic E-state index is 12.3. The van der Waals surface area contributed by atoms with Gasteiger partial charge in [-0.1, -0.05) is 0 Å². The van der Waals surface area contributed by atoms with Crippen molar-refractivity contribution in [3.63, 3.8) is 0 Å². The Hall–Kier alpha value is -0.330. The third kappa shape index (κ3) is 11.0. The second kappa shape index (κ2) is 12.1. The molecule has 1 saturated heterocycles. The van der Waals surface area contributed by atoms with E-state index in [0.29, 0.717) is 51.8 Å². The van der Waals surface area contributed by atoms with Gasteiger partial charge in [0.1, 0.15) is 0 Å². The number of methoxy groups -OCH3 is 1. The topological polar surface area (TPSA) is 58.1 Å². The van der Waals surface area contributed by atoms with Crippen LogP contribution in [0.3, 0.4) is 0 Å². The molecule has 1 rings (SSSR count). The zero-order chi connectivity index (χ0) is 16.4. The molecule has 2 N–H and O–H groups in total. The number of hydrogen-bond donors (Lipinski definition) is 2. The SMILES string of the molecule is CN=C(NCCOCCOC)NC1CCN(CC(F)(F)F)C1.I. The number of guanidine groups is 1. The number of likely N-dealkylation sites (tertiary alicyclic amines) is 1. The Bertz CT molecular complexity index is 346. The molecule has 6 nitrogen and oxygen atoms in total. The van der Waals surface area contributed by atoms with Crippen molar-refractivity contribution >= 4 is 29.9 Å². The van der Waals surface area contributed by atoms with Gasteiger partial charge in [-0.05, 0) is 6.42 Å². The first-order chi connectivity index (χ1) is 10.4. The number of aliphatic imine (C=N–C) groups is 1. The molecule has 0 bridgehead atoms. The first-order valence-electron chi connectivity index (χ1n) is 7.27. The normalized spacial score (nSPS) is 19.5. The highest BCUT2D eigenvalue weighted by atomic mass is 127. The van der Waals surface area contributed by atoms with Crippen molar-refractivity contribution in [2.45, 2.75) is 18.6 Å². The quantitative estimate of drug-likeness (QED) is 0.249. The molecule has 0 saturated carbocycles. The van der Waals surface area contributed by atoms with E-state index in [2.05, 4.69) is 15.6 Å². The van der Waals surface area contributed by atoms with Crippen molar-refractivity contribution in [3.05, 3.63) is 0 Å². The summed E-state index contributed by atoms with van der Waals surface area (Å²) in [7, 11) is 3.24. The summed E-state index contributed by atoms with van der Waals surface area (Å²) >= 11 is 0. The number of nitrogens with zero attached hydrogens (tertiary/aromatic N) is 2. The predicted octanol–water partition coefficient (Wildman–Crippen LogP) is 1.07. The Kier molecular flexibility index (Phi) is 11.9. The summed E-state index contributed by atoms with van der Waals surface area (Å²) in [5.74, 6) is 0.578. The van der Waals surface area contributed by atoms with Crippen LogP contribution >= 0.6 is 24.0 Å². The lowest BCUT2D eigenvalue weighted by atomic mass is 10.3. The van der Waals surface area contributed by atoms with Crippen LogP contribution in [0, 0.1) is 0 Å². The van der Waals surface area contributed by atoms with Gasteiger partial charge in [0.05, 0.1) is 26.4 Å². The Morgan fingerprint density at radius 1 is 1.30 bits per heavy atom. The summed E-state index contributed by atoms with van der Waals surface area (Å²) in [6, 6.07) is -0.0250. The van der Waals surface area contributed by atoms with Gasteiger partial charge in [-0.25, -0.2) is 0 Å². The summed E-state index contributed by atoms with van der Waals surface area (Å²) in [6.45, 7) is 2.10. The highest BCUT2D eigenvalue weighted by Gasteiger charge is 2.34. The van der Waals surface area contributed by atoms with E-state index in [1.54, 1.807) is 14.2 Å². The monoisotopic (exact) mass is 454 g/mol. The van der Waals surface area contributed by atoms with Crippen LogP contribution in [-0.4, -0.2) is 83.2 Å². The van der Waals surface area contributed by atoms with Crippen LogP contribution in [0.1, 0.15) is 6.42 Å². The number of halogens is 4. The average Bonchev–Trinajstić information content (AvgIpc) is 2.86. The van der Waals surface area contributed by atoms with Gasteiger partial charge in [-0.2, -0.15) is 13.2 Å². The van der Waals surface area contributed by atoms with Gasteiger partial charge in [0.15, 0.2) is 5.96 Å². The minimum absolute atomic E-state index is 0. The molecule has 1 fully saturated rings. The van der Waals surface area contributed by atoms with Crippen molar-refractivity contribution < 1.29 is 22.6 Å². The van der Waals surface area contributed by atoms with Gasteiger partial charge >= 0.3 is 6.18 Å². The highest BCUT2D eigenvalue weighted by Crippen LogP contribution is 2.19. The molecule has 0 aromatic rings. The zero-order valence-corrected chi connectivity index (χ0v) is 15.8. The molecule has 23 heavy (non-hydrogen) atoms. The molecular formula is C13H26F3IN4O2. The van der Waals surface area contributed by atoms with Crippen LogP contribution in [0.5, 0.6) is 0 Å². The minimum Gasteiger partial charge on any atom is -0.382 e. The summed E-state index contributed by atoms with van der Waals surface area (Å²) in [5, 5.41) is 6.20. The number of hydrogen-bond acceptors (Lipinski definition) is 4. The minimum atomic E-state index is -4.14. The van der Waals surface area contributed by atoms with Crippen LogP contribution in [-0.2, 0) is 9.47 Å². The van der Waals surface area contributed by atoms with E-state index >= 15 is 0 Å². The lowest BCUT2D eigenvalue weighted by molar-refractivity contribution is -0.143. The Morgan fingerprint density at radius 2 is 2.04 bits per heavy atom. The van der Waals surface area contributed by atoms with Crippen LogP contribution in [0.15, 0.2) is 4.99 Å². The third-order valence-electron chi connectivity index (χ3n) is 3.21. The smallest absolute Gasteiger partial charge is 0.382 e. The van der Waals surface area contributed by atoms with E-state index in [1.807, 2.05) is 0 Å². The lowest BCUT2D eigenvalue weighted by Crippen LogP contribution is -2.46. The summed E-state index contributed by atoms with van der Waals surface area (Å²) in [4.78, 5) is 5.46. The van der Waals surface area contributed by atoms with Gasteiger partial charge in [-0.3, -0.25) is 9.89 Å². The molecule has 138 valence electrons. The molecule has 1 heterocycles. The maximum Gasteiger partial charge on any atom is 0.401 e. The molecule has 0 aromatic heterocycles. The molecular weight excluding hydrogens is 428 g/mol. The molecule has 10 heteroatoms. The van der Waals surface area contributed by atoms with E-state index in [1.165, 1.54) is 4.90 Å². The van der Waals surface area contributed by atoms with Crippen molar-refractivity contribution in [3.8, 4) is 0 Å². The van der Waals surface area contributed by atoms with Gasteiger partial charge in [-0.15, -0.1) is 24.0 Å². The fourth-order valence-electron chi connectivity index (χ4n) is 2.22. The van der Waals surface area contributed by atoms with Gasteiger partial charge in [0.25, 0.3) is 0 Å². The Morgan fingerprint density at radius 3 is 2.65 bits per heavy atom. The van der Waals surface area contributed by atoms with Gasteiger partial charge < -0.3 is 20.1 Å². The van der Waals surface area contributed by atoms with E-state index in [9.17, 15) is 13.2 Å². The van der Waals surface area contributed by atoms with Crippen molar-refractivity contribution in [2.24, 2.45) is 4.99 Å². The van der Waals surface area contributed by atoms with Crippen LogP contribution < -0.4 is 10.6 Å². The Balaban J connectivity index is 0.00000484. The van der Waals surface area contributed by atoms with Gasteiger partial charge in [0.2, 0.25) is 0 Å². The molecule has 0 amide bonds. The molecule has 1 atom stereocenters. The standard InChI is InChI=1S/C13H25F3N4O2.HI/c1-17-12(18-4-6-22-8-7-21-2)19-11-3-5-20(9-11)10-13(14,15)16;/h11H,3-10H2,1-2H3,(H2,17,18,19);1H. The zero-order valence-electron chi connectivity index (χ0n) is 13.5. The van der Waals surface area contributed by atoms with Crippen molar-refractivity contribution in [1.29, 1.82) is 0 Å². The average molecular weight is 454 g/mol. The molecule has 0 radical (unpaired) electrons. The number of alkyl halides is 3. The van der Waals surface area contributed by atoms with Crippen molar-refractivity contribution in [2.75, 3.05) is 60.2 Å². The number of rotatable bonds is 8. The second-order valence-corrected chi connectivity index (χ2v) is 5.08.